The van der Waals surface area contributed by atoms with Crippen molar-refractivity contribution in [3.8, 4) is 5.75 Å². The highest BCUT2D eigenvalue weighted by molar-refractivity contribution is 6.11. The molecule has 24 heavy (non-hydrogen) atoms. The van der Waals surface area contributed by atoms with Gasteiger partial charge in [0.05, 0.1) is 6.61 Å². The quantitative estimate of drug-likeness (QED) is 0.767. The summed E-state index contributed by atoms with van der Waals surface area (Å²) in [5.74, 6) is -0.352. The third-order valence-electron chi connectivity index (χ3n) is 5.99. The Labute approximate surface area is 142 Å². The van der Waals surface area contributed by atoms with Crippen molar-refractivity contribution in [1.29, 1.82) is 0 Å². The average Bonchev–Trinajstić information content (AvgIpc) is 2.52. The van der Waals surface area contributed by atoms with Crippen LogP contribution in [0.2, 0.25) is 0 Å². The first kappa shape index (κ1) is 17.0. The number of hydrogen-bond donors (Lipinski definition) is 3. The Morgan fingerprint density at radius 1 is 1.17 bits per heavy atom. The Bertz CT molecular complexity index is 746. The molecule has 0 unspecified atom stereocenters. The van der Waals surface area contributed by atoms with Gasteiger partial charge in [-0.2, -0.15) is 0 Å². The van der Waals surface area contributed by atoms with Crippen molar-refractivity contribution >= 4 is 5.78 Å². The lowest BCUT2D eigenvalue weighted by atomic mass is 9.54. The number of benzene rings is 1. The molecule has 3 rings (SSSR count). The van der Waals surface area contributed by atoms with E-state index in [1.807, 2.05) is 27.7 Å². The fourth-order valence-corrected chi connectivity index (χ4v) is 4.68. The van der Waals surface area contributed by atoms with Crippen LogP contribution in [0, 0.1) is 5.41 Å². The summed E-state index contributed by atoms with van der Waals surface area (Å²) in [6.45, 7) is 7.71. The molecule has 0 bridgehead atoms. The number of hydrogen-bond acceptors (Lipinski definition) is 4. The molecule has 3 N–H and O–H groups in total. The van der Waals surface area contributed by atoms with Gasteiger partial charge in [0.15, 0.2) is 5.76 Å². The van der Waals surface area contributed by atoms with Gasteiger partial charge in [0.25, 0.3) is 0 Å². The first-order valence-corrected chi connectivity index (χ1v) is 8.63. The number of fused-ring (bicyclic) bond motifs is 3. The molecule has 1 aromatic rings. The molecule has 0 aliphatic heterocycles. The van der Waals surface area contributed by atoms with E-state index in [0.29, 0.717) is 16.7 Å². The molecule has 130 valence electrons. The van der Waals surface area contributed by atoms with Crippen LogP contribution in [0.4, 0.5) is 0 Å². The van der Waals surface area contributed by atoms with E-state index in [1.165, 1.54) is 0 Å². The van der Waals surface area contributed by atoms with Gasteiger partial charge in [0, 0.05) is 16.4 Å². The van der Waals surface area contributed by atoms with Crippen LogP contribution in [0.1, 0.15) is 74.4 Å². The van der Waals surface area contributed by atoms with Crippen molar-refractivity contribution in [2.75, 3.05) is 6.61 Å². The second-order valence-corrected chi connectivity index (χ2v) is 8.07. The van der Waals surface area contributed by atoms with Crippen molar-refractivity contribution in [1.82, 2.24) is 0 Å². The molecule has 1 fully saturated rings. The van der Waals surface area contributed by atoms with E-state index in [4.69, 9.17) is 0 Å². The number of Topliss-reactive ketones (excluding diaryl/α,β-unsaturated/α-hetero) is 1. The molecule has 4 heteroatoms. The monoisotopic (exact) mass is 330 g/mol. The summed E-state index contributed by atoms with van der Waals surface area (Å²) in [6.07, 6.45) is 2.41. The molecule has 2 aliphatic carbocycles. The average molecular weight is 330 g/mol. The molecular weight excluding hydrogens is 304 g/mol. The lowest BCUT2D eigenvalue weighted by molar-refractivity contribution is 0.0878. The fourth-order valence-electron chi connectivity index (χ4n) is 4.68. The van der Waals surface area contributed by atoms with Gasteiger partial charge in [-0.05, 0) is 47.6 Å². The highest BCUT2D eigenvalue weighted by Crippen LogP contribution is 2.56. The summed E-state index contributed by atoms with van der Waals surface area (Å²) in [7, 11) is 0. The summed E-state index contributed by atoms with van der Waals surface area (Å²) in [6, 6.07) is 3.42. The number of aliphatic hydroxyl groups is 2. The Morgan fingerprint density at radius 3 is 2.42 bits per heavy atom. The minimum atomic E-state index is -0.614. The van der Waals surface area contributed by atoms with Gasteiger partial charge >= 0.3 is 0 Å². The molecule has 0 amide bonds. The summed E-state index contributed by atoms with van der Waals surface area (Å²) < 4.78 is 0. The van der Waals surface area contributed by atoms with Gasteiger partial charge in [-0.25, -0.2) is 0 Å². The molecule has 0 aromatic heterocycles. The van der Waals surface area contributed by atoms with Crippen molar-refractivity contribution < 1.29 is 20.1 Å². The van der Waals surface area contributed by atoms with E-state index in [-0.39, 0.29) is 24.0 Å². The largest absolute Gasteiger partial charge is 0.508 e. The van der Waals surface area contributed by atoms with Crippen LogP contribution in [0.15, 0.2) is 23.5 Å². The number of phenolic OH excluding ortho intramolecular Hbond substituents is 1. The summed E-state index contributed by atoms with van der Waals surface area (Å²) in [5, 5.41) is 31.1. The highest BCUT2D eigenvalue weighted by Gasteiger charge is 2.52. The zero-order valence-electron chi connectivity index (χ0n) is 14.8. The zero-order chi connectivity index (χ0) is 17.9. The predicted octanol–water partition coefficient (Wildman–Crippen LogP) is 3.96. The van der Waals surface area contributed by atoms with E-state index >= 15 is 0 Å². The molecule has 2 aliphatic rings. The number of phenols is 1. The number of allylic oxidation sites excluding steroid dienone is 1. The number of aromatic hydroxyl groups is 1. The SMILES string of the molecule is CC(C)c1cc2c(cc1O)[C@@]1(C)CCC[C@@](C)(CO)C1=C(O)C2=O. The van der Waals surface area contributed by atoms with Crippen LogP contribution >= 0.6 is 0 Å². The normalized spacial score (nSPS) is 29.7. The molecule has 0 saturated heterocycles. The minimum Gasteiger partial charge on any atom is -0.508 e. The maximum atomic E-state index is 12.8. The van der Waals surface area contributed by atoms with Crippen LogP contribution in [-0.4, -0.2) is 27.7 Å². The predicted molar refractivity (Wildman–Crippen MR) is 92.6 cm³/mol. The van der Waals surface area contributed by atoms with E-state index in [2.05, 4.69) is 0 Å². The second-order valence-electron chi connectivity index (χ2n) is 8.07. The molecule has 1 saturated carbocycles. The maximum Gasteiger partial charge on any atom is 0.227 e. The van der Waals surface area contributed by atoms with Crippen LogP contribution in [0.5, 0.6) is 5.75 Å². The topological polar surface area (TPSA) is 77.8 Å². The highest BCUT2D eigenvalue weighted by atomic mass is 16.3. The second kappa shape index (κ2) is 5.35. The smallest absolute Gasteiger partial charge is 0.227 e. The van der Waals surface area contributed by atoms with Crippen LogP contribution in [0.3, 0.4) is 0 Å². The molecule has 0 radical (unpaired) electrons. The van der Waals surface area contributed by atoms with Gasteiger partial charge in [-0.1, -0.05) is 34.1 Å². The Morgan fingerprint density at radius 2 is 1.83 bits per heavy atom. The number of carbonyl (C=O) groups is 1. The van der Waals surface area contributed by atoms with E-state index < -0.39 is 16.6 Å². The number of carbonyl (C=O) groups excluding carboxylic acids is 1. The van der Waals surface area contributed by atoms with Crippen LogP contribution in [-0.2, 0) is 5.41 Å². The minimum absolute atomic E-state index is 0.0810. The van der Waals surface area contributed by atoms with Crippen molar-refractivity contribution in [3.05, 3.63) is 40.2 Å². The van der Waals surface area contributed by atoms with Crippen LogP contribution in [0.25, 0.3) is 0 Å². The molecule has 0 heterocycles. The van der Waals surface area contributed by atoms with Gasteiger partial charge < -0.3 is 15.3 Å². The lowest BCUT2D eigenvalue weighted by Gasteiger charge is -2.49. The standard InChI is InChI=1S/C20H26O4/c1-11(2)12-8-13-14(9-15(12)22)20(4)7-5-6-19(3,10-21)18(20)17(24)16(13)23/h8-9,11,21-22,24H,5-7,10H2,1-4H3/t19-,20+/m0/s1. The lowest BCUT2D eigenvalue weighted by Crippen LogP contribution is -2.46. The summed E-state index contributed by atoms with van der Waals surface area (Å²) in [4.78, 5) is 12.8. The first-order chi connectivity index (χ1) is 11.2. The zero-order valence-corrected chi connectivity index (χ0v) is 14.8. The fraction of sp³-hybridized carbons (Fsp3) is 0.550. The summed E-state index contributed by atoms with van der Waals surface area (Å²) >= 11 is 0. The third kappa shape index (κ3) is 2.12. The van der Waals surface area contributed by atoms with Gasteiger partial charge in [0.1, 0.15) is 5.75 Å². The van der Waals surface area contributed by atoms with Crippen molar-refractivity contribution in [2.24, 2.45) is 5.41 Å². The van der Waals surface area contributed by atoms with Crippen molar-refractivity contribution in [3.63, 3.8) is 0 Å². The van der Waals surface area contributed by atoms with E-state index in [9.17, 15) is 20.1 Å². The Hall–Kier alpha value is -1.81. The van der Waals surface area contributed by atoms with Gasteiger partial charge in [-0.15, -0.1) is 0 Å². The molecule has 2 atom stereocenters. The molecule has 1 aromatic carbocycles. The Balaban J connectivity index is 2.31. The van der Waals surface area contributed by atoms with Gasteiger partial charge in [0.2, 0.25) is 5.78 Å². The third-order valence-corrected chi connectivity index (χ3v) is 5.99. The molecule has 4 nitrogen and oxygen atoms in total. The van der Waals surface area contributed by atoms with Crippen molar-refractivity contribution in [2.45, 2.75) is 58.3 Å². The van der Waals surface area contributed by atoms with Crippen LogP contribution < -0.4 is 0 Å². The first-order valence-electron chi connectivity index (χ1n) is 8.63. The molecule has 0 spiro atoms. The molecular formula is C20H26O4. The van der Waals surface area contributed by atoms with E-state index in [0.717, 1.165) is 24.8 Å². The van der Waals surface area contributed by atoms with Gasteiger partial charge in [-0.3, -0.25) is 4.79 Å². The number of aliphatic hydroxyl groups excluding tert-OH is 2. The Kier molecular flexibility index (Phi) is 3.79. The summed E-state index contributed by atoms with van der Waals surface area (Å²) in [5.41, 5.74) is 1.41. The van der Waals surface area contributed by atoms with E-state index in [1.54, 1.807) is 12.1 Å². The number of ketones is 1. The maximum absolute atomic E-state index is 12.8. The number of rotatable bonds is 2.